The van der Waals surface area contributed by atoms with Crippen molar-refractivity contribution in [2.24, 2.45) is 7.05 Å². The largest absolute Gasteiger partial charge is 0.454 e. The number of fused-ring (bicyclic) bond motifs is 4. The van der Waals surface area contributed by atoms with E-state index in [2.05, 4.69) is 85.2 Å². The Morgan fingerprint density at radius 1 is 0.909 bits per heavy atom. The lowest BCUT2D eigenvalue weighted by molar-refractivity contribution is -0.660. The number of aromatic nitrogens is 1. The quantitative estimate of drug-likeness (QED) is 0.329. The Balaban J connectivity index is 1.73. The lowest BCUT2D eigenvalue weighted by atomic mass is 9.92. The van der Waals surface area contributed by atoms with Crippen LogP contribution in [0.2, 0.25) is 0 Å². The highest BCUT2D eigenvalue weighted by Gasteiger charge is 2.26. The molecule has 6 rings (SSSR count). The Morgan fingerprint density at radius 2 is 1.70 bits per heavy atom. The van der Waals surface area contributed by atoms with Crippen molar-refractivity contribution in [2.45, 2.75) is 20.0 Å². The molecule has 0 bridgehead atoms. The SMILES string of the molecule is Cc1ccc2c(oc3c(-c4cccc5c4CN(C)C5)c(C#N)ccc32)c1-c1cccc[n+]1C. The number of nitrogens with zero attached hydrogens (tertiary/aromatic N) is 3. The van der Waals surface area contributed by atoms with E-state index in [1.54, 1.807) is 0 Å². The minimum atomic E-state index is 0.646. The van der Waals surface area contributed by atoms with Gasteiger partial charge in [-0.15, -0.1) is 0 Å². The zero-order valence-electron chi connectivity index (χ0n) is 19.0. The van der Waals surface area contributed by atoms with Gasteiger partial charge in [-0.2, -0.15) is 5.26 Å². The summed E-state index contributed by atoms with van der Waals surface area (Å²) in [7, 11) is 4.19. The highest BCUT2D eigenvalue weighted by Crippen LogP contribution is 2.43. The lowest BCUT2D eigenvalue weighted by Crippen LogP contribution is -2.30. The first-order chi connectivity index (χ1) is 16.1. The van der Waals surface area contributed by atoms with E-state index in [1.807, 2.05) is 18.2 Å². The molecule has 1 aliphatic heterocycles. The van der Waals surface area contributed by atoms with Crippen molar-refractivity contribution in [1.29, 1.82) is 5.26 Å². The van der Waals surface area contributed by atoms with Gasteiger partial charge in [0.05, 0.1) is 17.2 Å². The number of pyridine rings is 1. The molecule has 4 nitrogen and oxygen atoms in total. The van der Waals surface area contributed by atoms with Gasteiger partial charge in [0.2, 0.25) is 5.69 Å². The van der Waals surface area contributed by atoms with E-state index in [-0.39, 0.29) is 0 Å². The van der Waals surface area contributed by atoms with Gasteiger partial charge in [0.25, 0.3) is 0 Å². The average Bonchev–Trinajstić information content (AvgIpc) is 3.38. The second-order valence-electron chi connectivity index (χ2n) is 9.03. The molecule has 0 atom stereocenters. The molecule has 3 aromatic carbocycles. The van der Waals surface area contributed by atoms with Gasteiger partial charge in [-0.3, -0.25) is 4.90 Å². The molecule has 4 heteroatoms. The fourth-order valence-electron chi connectivity index (χ4n) is 5.28. The zero-order chi connectivity index (χ0) is 22.7. The maximum absolute atomic E-state index is 10.0. The van der Waals surface area contributed by atoms with E-state index in [0.717, 1.165) is 63.0 Å². The molecule has 0 radical (unpaired) electrons. The highest BCUT2D eigenvalue weighted by atomic mass is 16.3. The topological polar surface area (TPSA) is 44.1 Å². The monoisotopic (exact) mass is 430 g/mol. The van der Waals surface area contributed by atoms with Crippen LogP contribution in [0.25, 0.3) is 44.3 Å². The van der Waals surface area contributed by atoms with Crippen molar-refractivity contribution in [3.8, 4) is 28.5 Å². The van der Waals surface area contributed by atoms with Crippen LogP contribution in [-0.4, -0.2) is 11.9 Å². The minimum absolute atomic E-state index is 0.646. The van der Waals surface area contributed by atoms with Gasteiger partial charge in [-0.25, -0.2) is 4.57 Å². The molecule has 2 aromatic heterocycles. The number of furan rings is 1. The van der Waals surface area contributed by atoms with Crippen LogP contribution in [0.3, 0.4) is 0 Å². The van der Waals surface area contributed by atoms with Crippen LogP contribution in [0.5, 0.6) is 0 Å². The molecule has 0 fully saturated rings. The van der Waals surface area contributed by atoms with Crippen LogP contribution < -0.4 is 4.57 Å². The van der Waals surface area contributed by atoms with Crippen LogP contribution in [0, 0.1) is 18.3 Å². The second-order valence-corrected chi connectivity index (χ2v) is 9.03. The molecule has 0 amide bonds. The lowest BCUT2D eigenvalue weighted by Gasteiger charge is -2.11. The van der Waals surface area contributed by atoms with Crippen LogP contribution in [-0.2, 0) is 20.1 Å². The Hall–Kier alpha value is -3.94. The predicted octanol–water partition coefficient (Wildman–Crippen LogP) is 5.87. The summed E-state index contributed by atoms with van der Waals surface area (Å²) >= 11 is 0. The Kier molecular flexibility index (Phi) is 4.36. The first-order valence-corrected chi connectivity index (χ1v) is 11.2. The van der Waals surface area contributed by atoms with Crippen molar-refractivity contribution in [3.63, 3.8) is 0 Å². The Labute approximate surface area is 192 Å². The number of aryl methyl sites for hydroxylation is 2. The summed E-state index contributed by atoms with van der Waals surface area (Å²) in [5.74, 6) is 0. The molecule has 160 valence electrons. The Morgan fingerprint density at radius 3 is 2.48 bits per heavy atom. The van der Waals surface area contributed by atoms with E-state index in [1.165, 1.54) is 11.1 Å². The first kappa shape index (κ1) is 19.7. The predicted molar refractivity (Wildman–Crippen MR) is 130 cm³/mol. The maximum Gasteiger partial charge on any atom is 0.216 e. The molecule has 0 unspecified atom stereocenters. The normalized spacial score (nSPS) is 13.5. The number of hydrogen-bond acceptors (Lipinski definition) is 3. The van der Waals surface area contributed by atoms with Crippen LogP contribution in [0.15, 0.2) is 71.3 Å². The van der Waals surface area contributed by atoms with Gasteiger partial charge in [-0.05, 0) is 54.4 Å². The van der Waals surface area contributed by atoms with E-state index in [0.29, 0.717) is 5.56 Å². The van der Waals surface area contributed by atoms with Gasteiger partial charge in [0.1, 0.15) is 18.2 Å². The number of rotatable bonds is 2. The van der Waals surface area contributed by atoms with Crippen molar-refractivity contribution >= 4 is 21.9 Å². The summed E-state index contributed by atoms with van der Waals surface area (Å²) in [6.45, 7) is 3.92. The third-order valence-electron chi connectivity index (χ3n) is 6.86. The molecule has 33 heavy (non-hydrogen) atoms. The summed E-state index contributed by atoms with van der Waals surface area (Å²) in [4.78, 5) is 2.30. The average molecular weight is 431 g/mol. The van der Waals surface area contributed by atoms with E-state index in [9.17, 15) is 5.26 Å². The fourth-order valence-corrected chi connectivity index (χ4v) is 5.28. The van der Waals surface area contributed by atoms with Gasteiger partial charge < -0.3 is 4.42 Å². The van der Waals surface area contributed by atoms with Crippen LogP contribution >= 0.6 is 0 Å². The molecule has 0 saturated carbocycles. The number of benzene rings is 3. The summed E-state index contributed by atoms with van der Waals surface area (Å²) in [5, 5.41) is 12.1. The molecule has 0 aliphatic carbocycles. The number of hydrogen-bond donors (Lipinski definition) is 0. The van der Waals surface area contributed by atoms with Crippen LogP contribution in [0.1, 0.15) is 22.3 Å². The number of nitriles is 1. The molecule has 1 aliphatic rings. The standard InChI is InChI=1S/C29H24N3O/c1-18-10-12-22-23-13-11-19(15-30)27(21-8-6-7-20-16-31(2)17-24(20)21)29(23)33-28(22)26(18)25-9-4-5-14-32(25)3/h4-14H,16-17H2,1-3H3/q+1. The van der Waals surface area contributed by atoms with Crippen molar-refractivity contribution < 1.29 is 8.98 Å². The highest BCUT2D eigenvalue weighted by molar-refractivity contribution is 6.14. The molecular formula is C29H24N3O+. The van der Waals surface area contributed by atoms with Crippen molar-refractivity contribution in [2.75, 3.05) is 7.05 Å². The molecule has 3 heterocycles. The molecule has 0 N–H and O–H groups in total. The summed E-state index contributed by atoms with van der Waals surface area (Å²) < 4.78 is 8.83. The summed E-state index contributed by atoms with van der Waals surface area (Å²) in [6.07, 6.45) is 2.05. The minimum Gasteiger partial charge on any atom is -0.454 e. The van der Waals surface area contributed by atoms with E-state index in [4.69, 9.17) is 4.42 Å². The summed E-state index contributed by atoms with van der Waals surface area (Å²) in [5.41, 5.74) is 10.3. The third-order valence-corrected chi connectivity index (χ3v) is 6.86. The van der Waals surface area contributed by atoms with Gasteiger partial charge in [0.15, 0.2) is 6.20 Å². The fraction of sp³-hybridized carbons (Fsp3) is 0.172. The van der Waals surface area contributed by atoms with E-state index >= 15 is 0 Å². The zero-order valence-corrected chi connectivity index (χ0v) is 19.0. The van der Waals surface area contributed by atoms with Gasteiger partial charge >= 0.3 is 0 Å². The first-order valence-electron chi connectivity index (χ1n) is 11.2. The molecule has 0 spiro atoms. The van der Waals surface area contributed by atoms with Crippen LogP contribution in [0.4, 0.5) is 0 Å². The summed E-state index contributed by atoms with van der Waals surface area (Å²) in [6, 6.07) is 23.3. The molecule has 0 saturated heterocycles. The van der Waals surface area contributed by atoms with Crippen molar-refractivity contribution in [1.82, 2.24) is 4.90 Å². The van der Waals surface area contributed by atoms with Gasteiger partial charge in [-0.1, -0.05) is 30.3 Å². The third kappa shape index (κ3) is 2.90. The maximum atomic E-state index is 10.0. The second kappa shape index (κ2) is 7.30. The molecule has 5 aromatic rings. The molecular weight excluding hydrogens is 406 g/mol. The smallest absolute Gasteiger partial charge is 0.216 e. The van der Waals surface area contributed by atoms with Gasteiger partial charge in [0, 0.05) is 41.6 Å². The van der Waals surface area contributed by atoms with Crippen molar-refractivity contribution in [3.05, 3.63) is 89.1 Å². The van der Waals surface area contributed by atoms with E-state index < -0.39 is 0 Å². The Bertz CT molecular complexity index is 1620.